The Morgan fingerprint density at radius 3 is 2.39 bits per heavy atom. The second kappa shape index (κ2) is 8.77. The van der Waals surface area contributed by atoms with Crippen LogP contribution in [0.15, 0.2) is 64.3 Å². The number of piperidine rings is 1. The Morgan fingerprint density at radius 1 is 1.03 bits per heavy atom. The molecule has 31 heavy (non-hydrogen) atoms. The molecule has 1 fully saturated rings. The predicted molar refractivity (Wildman–Crippen MR) is 121 cm³/mol. The highest BCUT2D eigenvalue weighted by atomic mass is 32.2. The highest BCUT2D eigenvalue weighted by molar-refractivity contribution is 7.89. The lowest BCUT2D eigenvalue weighted by molar-refractivity contribution is 0.272. The first kappa shape index (κ1) is 21.5. The van der Waals surface area contributed by atoms with E-state index in [1.165, 1.54) is 11.6 Å². The summed E-state index contributed by atoms with van der Waals surface area (Å²) < 4.78 is 28.6. The van der Waals surface area contributed by atoms with Crippen molar-refractivity contribution in [1.29, 1.82) is 0 Å². The van der Waals surface area contributed by atoms with Crippen LogP contribution >= 0.6 is 0 Å². The number of hydrogen-bond acceptors (Lipinski definition) is 4. The predicted octanol–water partition coefficient (Wildman–Crippen LogP) is 3.70. The summed E-state index contributed by atoms with van der Waals surface area (Å²) in [4.78, 5) is 11.6. The van der Waals surface area contributed by atoms with Crippen molar-refractivity contribution >= 4 is 10.0 Å². The van der Waals surface area contributed by atoms with Crippen LogP contribution in [0.4, 0.5) is 0 Å². The topological polar surface area (TPSA) is 83.1 Å². The van der Waals surface area contributed by atoms with E-state index >= 15 is 0 Å². The van der Waals surface area contributed by atoms with Gasteiger partial charge >= 0.3 is 0 Å². The van der Waals surface area contributed by atoms with Crippen LogP contribution in [0.1, 0.15) is 29.5 Å². The first-order valence-corrected chi connectivity index (χ1v) is 12.0. The normalized spacial score (nSPS) is 15.8. The molecule has 0 spiro atoms. The standard InChI is InChI=1S/C24H27N3O3S/c1-17-14-21(22-8-9-24(28)26-25-22)16-23(18(17)2)31(29,30)27-12-10-20(11-13-27)15-19-6-4-3-5-7-19/h3-9,14,16,20H,10-13,15H2,1-2H3,(H,26,28). The van der Waals surface area contributed by atoms with Gasteiger partial charge in [0.1, 0.15) is 0 Å². The molecule has 0 bridgehead atoms. The van der Waals surface area contributed by atoms with Gasteiger partial charge in [-0.05, 0) is 73.9 Å². The second-order valence-electron chi connectivity index (χ2n) is 8.26. The smallest absolute Gasteiger partial charge is 0.264 e. The summed E-state index contributed by atoms with van der Waals surface area (Å²) in [5.74, 6) is 0.494. The molecule has 1 saturated heterocycles. The highest BCUT2D eigenvalue weighted by Gasteiger charge is 2.31. The van der Waals surface area contributed by atoms with E-state index in [4.69, 9.17) is 0 Å². The molecule has 1 N–H and O–H groups in total. The van der Waals surface area contributed by atoms with Crippen molar-refractivity contribution in [3.05, 3.63) is 81.6 Å². The second-order valence-corrected chi connectivity index (χ2v) is 10.2. The van der Waals surface area contributed by atoms with Crippen molar-refractivity contribution in [2.45, 2.75) is 38.0 Å². The van der Waals surface area contributed by atoms with E-state index in [1.807, 2.05) is 38.1 Å². The van der Waals surface area contributed by atoms with Gasteiger partial charge in [-0.3, -0.25) is 4.79 Å². The van der Waals surface area contributed by atoms with E-state index in [1.54, 1.807) is 16.4 Å². The average Bonchev–Trinajstić information content (AvgIpc) is 2.77. The fraction of sp³-hybridized carbons (Fsp3) is 0.333. The Morgan fingerprint density at radius 2 is 1.74 bits per heavy atom. The van der Waals surface area contributed by atoms with E-state index in [2.05, 4.69) is 22.3 Å². The van der Waals surface area contributed by atoms with Crippen molar-refractivity contribution in [2.75, 3.05) is 13.1 Å². The molecule has 4 rings (SSSR count). The van der Waals surface area contributed by atoms with Gasteiger partial charge in [-0.25, -0.2) is 13.5 Å². The maximum absolute atomic E-state index is 13.5. The summed E-state index contributed by atoms with van der Waals surface area (Å²) >= 11 is 0. The van der Waals surface area contributed by atoms with Crippen LogP contribution in [0.3, 0.4) is 0 Å². The fourth-order valence-electron chi connectivity index (χ4n) is 4.19. The van der Waals surface area contributed by atoms with Gasteiger partial charge in [0.2, 0.25) is 10.0 Å². The minimum atomic E-state index is -3.62. The van der Waals surface area contributed by atoms with Crippen LogP contribution in [0.2, 0.25) is 0 Å². The molecule has 0 atom stereocenters. The summed E-state index contributed by atoms with van der Waals surface area (Å²) in [6.07, 6.45) is 2.70. The summed E-state index contributed by atoms with van der Waals surface area (Å²) in [6, 6.07) is 16.9. The van der Waals surface area contributed by atoms with Gasteiger partial charge in [0, 0.05) is 24.7 Å². The van der Waals surface area contributed by atoms with Crippen molar-refractivity contribution < 1.29 is 8.42 Å². The number of hydrogen-bond donors (Lipinski definition) is 1. The summed E-state index contributed by atoms with van der Waals surface area (Å²) in [7, 11) is -3.62. The third-order valence-electron chi connectivity index (χ3n) is 6.15. The number of aromatic nitrogens is 2. The summed E-state index contributed by atoms with van der Waals surface area (Å²) in [5, 5.41) is 6.47. The lowest BCUT2D eigenvalue weighted by atomic mass is 9.91. The fourth-order valence-corrected chi connectivity index (χ4v) is 5.98. The quantitative estimate of drug-likeness (QED) is 0.660. The number of benzene rings is 2. The Kier molecular flexibility index (Phi) is 6.07. The molecular formula is C24H27N3O3S. The first-order valence-electron chi connectivity index (χ1n) is 10.6. The molecule has 6 nitrogen and oxygen atoms in total. The van der Waals surface area contributed by atoms with Gasteiger partial charge in [0.25, 0.3) is 5.56 Å². The van der Waals surface area contributed by atoms with Gasteiger partial charge in [0.05, 0.1) is 10.6 Å². The van der Waals surface area contributed by atoms with Gasteiger partial charge < -0.3 is 0 Å². The molecule has 1 aromatic heterocycles. The third-order valence-corrected chi connectivity index (χ3v) is 8.18. The van der Waals surface area contributed by atoms with E-state index in [-0.39, 0.29) is 5.56 Å². The van der Waals surface area contributed by atoms with E-state index in [9.17, 15) is 13.2 Å². The minimum Gasteiger partial charge on any atom is -0.268 e. The summed E-state index contributed by atoms with van der Waals surface area (Å²) in [5.41, 5.74) is 3.86. The summed E-state index contributed by atoms with van der Waals surface area (Å²) in [6.45, 7) is 4.79. The van der Waals surface area contributed by atoms with Crippen molar-refractivity contribution in [2.24, 2.45) is 5.92 Å². The maximum atomic E-state index is 13.5. The SMILES string of the molecule is Cc1cc(-c2ccc(=O)[nH]n2)cc(S(=O)(=O)N2CCC(Cc3ccccc3)CC2)c1C. The molecule has 0 amide bonds. The largest absolute Gasteiger partial charge is 0.268 e. The van der Waals surface area contributed by atoms with Gasteiger partial charge in [0.15, 0.2) is 0 Å². The van der Waals surface area contributed by atoms with Crippen LogP contribution in [0.5, 0.6) is 0 Å². The van der Waals surface area contributed by atoms with Gasteiger partial charge in [-0.15, -0.1) is 0 Å². The molecule has 1 aliphatic heterocycles. The van der Waals surface area contributed by atoms with Gasteiger partial charge in [-0.1, -0.05) is 30.3 Å². The molecular weight excluding hydrogens is 410 g/mol. The monoisotopic (exact) mass is 437 g/mol. The Hall–Kier alpha value is -2.77. The Labute approximate surface area is 183 Å². The maximum Gasteiger partial charge on any atom is 0.264 e. The van der Waals surface area contributed by atoms with Gasteiger partial charge in [-0.2, -0.15) is 9.40 Å². The van der Waals surface area contributed by atoms with Crippen LogP contribution < -0.4 is 5.56 Å². The number of H-pyrrole nitrogens is 1. The van der Waals surface area contributed by atoms with Crippen molar-refractivity contribution in [1.82, 2.24) is 14.5 Å². The molecule has 0 unspecified atom stereocenters. The number of sulfonamides is 1. The lowest BCUT2D eigenvalue weighted by Gasteiger charge is -2.32. The van der Waals surface area contributed by atoms with Crippen molar-refractivity contribution in [3.8, 4) is 11.3 Å². The van der Waals surface area contributed by atoms with E-state index < -0.39 is 10.0 Å². The number of rotatable bonds is 5. The van der Waals surface area contributed by atoms with Crippen LogP contribution in [-0.2, 0) is 16.4 Å². The van der Waals surface area contributed by atoms with Crippen LogP contribution in [0, 0.1) is 19.8 Å². The molecule has 162 valence electrons. The highest BCUT2D eigenvalue weighted by Crippen LogP contribution is 2.31. The van der Waals surface area contributed by atoms with E-state index in [0.29, 0.717) is 35.2 Å². The molecule has 0 aliphatic carbocycles. The number of nitrogens with zero attached hydrogens (tertiary/aromatic N) is 2. The molecule has 3 aromatic rings. The van der Waals surface area contributed by atoms with E-state index in [0.717, 1.165) is 30.4 Å². The Bertz CT molecular complexity index is 1210. The number of nitrogens with one attached hydrogen (secondary N) is 1. The number of aryl methyl sites for hydroxylation is 1. The molecule has 2 heterocycles. The molecule has 1 aliphatic rings. The zero-order valence-corrected chi connectivity index (χ0v) is 18.7. The molecule has 2 aromatic carbocycles. The Balaban J connectivity index is 1.56. The molecule has 0 radical (unpaired) electrons. The zero-order valence-electron chi connectivity index (χ0n) is 17.8. The number of aromatic amines is 1. The van der Waals surface area contributed by atoms with Crippen LogP contribution in [0.25, 0.3) is 11.3 Å². The average molecular weight is 438 g/mol. The molecule has 7 heteroatoms. The lowest BCUT2D eigenvalue weighted by Crippen LogP contribution is -2.39. The van der Waals surface area contributed by atoms with Crippen molar-refractivity contribution in [3.63, 3.8) is 0 Å². The third kappa shape index (κ3) is 4.62. The first-order chi connectivity index (χ1) is 14.8. The molecule has 0 saturated carbocycles. The zero-order chi connectivity index (χ0) is 22.0. The minimum absolute atomic E-state index is 0.293. The van der Waals surface area contributed by atoms with Crippen LogP contribution in [-0.4, -0.2) is 36.0 Å².